The van der Waals surface area contributed by atoms with Gasteiger partial charge >= 0.3 is 0 Å². The average Bonchev–Trinajstić information content (AvgIpc) is 3.21. The second-order valence-corrected chi connectivity index (χ2v) is 7.90. The maximum Gasteiger partial charge on any atom is 0.258 e. The molecule has 0 saturated heterocycles. The summed E-state index contributed by atoms with van der Waals surface area (Å²) in [7, 11) is 0. The van der Waals surface area contributed by atoms with Gasteiger partial charge in [-0.15, -0.1) is 11.8 Å². The largest absolute Gasteiger partial charge is 0.468 e. The molecule has 0 radical (unpaired) electrons. The minimum absolute atomic E-state index is 0.0536. The molecule has 4 nitrogen and oxygen atoms in total. The van der Waals surface area contributed by atoms with Crippen LogP contribution in [0.5, 0.6) is 0 Å². The number of amides is 1. The zero-order valence-corrected chi connectivity index (χ0v) is 15.7. The van der Waals surface area contributed by atoms with E-state index in [-0.39, 0.29) is 5.91 Å². The number of rotatable bonds is 5. The average molecular weight is 383 g/mol. The van der Waals surface area contributed by atoms with Crippen molar-refractivity contribution in [2.45, 2.75) is 16.3 Å². The van der Waals surface area contributed by atoms with Gasteiger partial charge in [0.1, 0.15) is 5.76 Å². The fourth-order valence-electron chi connectivity index (χ4n) is 2.81. The van der Waals surface area contributed by atoms with Gasteiger partial charge in [0, 0.05) is 27.7 Å². The van der Waals surface area contributed by atoms with Gasteiger partial charge in [-0.05, 0) is 54.4 Å². The molecule has 2 aromatic carbocycles. The Balaban J connectivity index is 1.51. The summed E-state index contributed by atoms with van der Waals surface area (Å²) in [5, 5.41) is 0. The van der Waals surface area contributed by atoms with Crippen LogP contribution in [0.25, 0.3) is 0 Å². The zero-order chi connectivity index (χ0) is 17.8. The normalized spacial score (nSPS) is 13.5. The molecule has 132 valence electrons. The highest BCUT2D eigenvalue weighted by Gasteiger charge is 2.24. The van der Waals surface area contributed by atoms with Crippen molar-refractivity contribution in [3.8, 4) is 0 Å². The van der Waals surface area contributed by atoms with Crippen LogP contribution in [-0.4, -0.2) is 18.2 Å². The molecular weight excluding hydrogens is 364 g/mol. The predicted octanol–water partition coefficient (Wildman–Crippen LogP) is 4.83. The number of nitrogens with zero attached hydrogens (tertiary/aromatic N) is 1. The molecule has 0 spiro atoms. The molecule has 1 aliphatic rings. The van der Waals surface area contributed by atoms with Gasteiger partial charge in [0.25, 0.3) is 5.91 Å². The molecule has 1 amide bonds. The Morgan fingerprint density at radius 1 is 1.15 bits per heavy atom. The van der Waals surface area contributed by atoms with Crippen molar-refractivity contribution < 1.29 is 9.21 Å². The van der Waals surface area contributed by atoms with Crippen LogP contribution < -0.4 is 9.62 Å². The Morgan fingerprint density at radius 3 is 2.85 bits per heavy atom. The number of nitrogens with one attached hydrogen (secondary N) is 1. The third-order valence-corrected chi connectivity index (χ3v) is 5.90. The minimum atomic E-state index is 0.0536. The van der Waals surface area contributed by atoms with Gasteiger partial charge < -0.3 is 9.32 Å². The van der Waals surface area contributed by atoms with E-state index in [0.717, 1.165) is 39.1 Å². The van der Waals surface area contributed by atoms with Crippen molar-refractivity contribution in [1.82, 2.24) is 4.72 Å². The van der Waals surface area contributed by atoms with Crippen molar-refractivity contribution in [3.63, 3.8) is 0 Å². The molecular formula is C20H18N2O2S2. The molecule has 2 heterocycles. The number of furan rings is 1. The van der Waals surface area contributed by atoms with Gasteiger partial charge in [-0.3, -0.25) is 9.52 Å². The standard InChI is InChI=1S/C20H18N2O2S2/c23-20(15-5-2-1-3-6-15)22-10-12-25-19-9-8-17(13-18(19)22)26-21-14-16-7-4-11-24-16/h1-9,11,13,21H,10,12,14H2. The fourth-order valence-corrected chi connectivity index (χ4v) is 4.48. The van der Waals surface area contributed by atoms with Crippen LogP contribution in [0.1, 0.15) is 16.1 Å². The molecule has 26 heavy (non-hydrogen) atoms. The number of hydrogen-bond donors (Lipinski definition) is 1. The molecule has 0 fully saturated rings. The topological polar surface area (TPSA) is 45.5 Å². The Kier molecular flexibility index (Phi) is 5.34. The smallest absolute Gasteiger partial charge is 0.258 e. The van der Waals surface area contributed by atoms with E-state index in [9.17, 15) is 4.79 Å². The maximum absolute atomic E-state index is 12.9. The molecule has 1 aromatic heterocycles. The van der Waals surface area contributed by atoms with Crippen molar-refractivity contribution >= 4 is 35.3 Å². The van der Waals surface area contributed by atoms with E-state index >= 15 is 0 Å². The molecule has 6 heteroatoms. The lowest BCUT2D eigenvalue weighted by Gasteiger charge is -2.29. The highest BCUT2D eigenvalue weighted by Crippen LogP contribution is 2.37. The van der Waals surface area contributed by atoms with E-state index in [4.69, 9.17) is 4.42 Å². The van der Waals surface area contributed by atoms with Crippen LogP contribution in [-0.2, 0) is 6.54 Å². The quantitative estimate of drug-likeness (QED) is 0.641. The van der Waals surface area contributed by atoms with Gasteiger partial charge in [-0.25, -0.2) is 0 Å². The summed E-state index contributed by atoms with van der Waals surface area (Å²) in [4.78, 5) is 17.0. The molecule has 0 atom stereocenters. The van der Waals surface area contributed by atoms with Gasteiger partial charge in [-0.2, -0.15) is 0 Å². The van der Waals surface area contributed by atoms with Crippen LogP contribution >= 0.6 is 23.7 Å². The van der Waals surface area contributed by atoms with Crippen LogP contribution in [0.3, 0.4) is 0 Å². The summed E-state index contributed by atoms with van der Waals surface area (Å²) in [6.07, 6.45) is 1.67. The summed E-state index contributed by atoms with van der Waals surface area (Å²) in [6.45, 7) is 1.37. The summed E-state index contributed by atoms with van der Waals surface area (Å²) in [6, 6.07) is 19.6. The third-order valence-electron chi connectivity index (χ3n) is 4.08. The Morgan fingerprint density at radius 2 is 2.04 bits per heavy atom. The summed E-state index contributed by atoms with van der Waals surface area (Å²) >= 11 is 3.34. The SMILES string of the molecule is O=C(c1ccccc1)N1CCSc2ccc(SNCc3ccco3)cc21. The fraction of sp³-hybridized carbons (Fsp3) is 0.150. The van der Waals surface area contributed by atoms with Gasteiger partial charge in [0.15, 0.2) is 0 Å². The van der Waals surface area contributed by atoms with E-state index in [2.05, 4.69) is 22.9 Å². The number of carbonyl (C=O) groups excluding carboxylic acids is 1. The molecule has 0 unspecified atom stereocenters. The molecule has 0 saturated carbocycles. The highest BCUT2D eigenvalue weighted by atomic mass is 32.2. The second-order valence-electron chi connectivity index (χ2n) is 5.80. The van der Waals surface area contributed by atoms with E-state index in [0.29, 0.717) is 6.54 Å². The number of benzene rings is 2. The molecule has 4 rings (SSSR count). The Bertz CT molecular complexity index is 882. The van der Waals surface area contributed by atoms with Crippen molar-refractivity contribution in [2.24, 2.45) is 0 Å². The Hall–Kier alpha value is -2.15. The van der Waals surface area contributed by atoms with Gasteiger partial charge in [0.2, 0.25) is 0 Å². The summed E-state index contributed by atoms with van der Waals surface area (Å²) < 4.78 is 8.63. The first-order valence-corrected chi connectivity index (χ1v) is 10.2. The van der Waals surface area contributed by atoms with E-state index in [1.807, 2.05) is 47.4 Å². The molecule has 1 N–H and O–H groups in total. The highest BCUT2D eigenvalue weighted by molar-refractivity contribution is 7.99. The minimum Gasteiger partial charge on any atom is -0.468 e. The number of carbonyl (C=O) groups is 1. The van der Waals surface area contributed by atoms with Crippen LogP contribution in [0, 0.1) is 0 Å². The van der Waals surface area contributed by atoms with Gasteiger partial charge in [-0.1, -0.05) is 18.2 Å². The van der Waals surface area contributed by atoms with E-state index in [1.54, 1.807) is 30.0 Å². The predicted molar refractivity (Wildman–Crippen MR) is 107 cm³/mol. The van der Waals surface area contributed by atoms with Crippen molar-refractivity contribution in [1.29, 1.82) is 0 Å². The zero-order valence-electron chi connectivity index (χ0n) is 14.1. The number of fused-ring (bicyclic) bond motifs is 1. The van der Waals surface area contributed by atoms with Crippen LogP contribution in [0.15, 0.2) is 81.1 Å². The van der Waals surface area contributed by atoms with Gasteiger partial charge in [0.05, 0.1) is 18.5 Å². The molecule has 3 aromatic rings. The molecule has 0 bridgehead atoms. The monoisotopic (exact) mass is 382 g/mol. The van der Waals surface area contributed by atoms with E-state index in [1.165, 1.54) is 0 Å². The lowest BCUT2D eigenvalue weighted by Crippen LogP contribution is -2.35. The maximum atomic E-state index is 12.9. The van der Waals surface area contributed by atoms with Crippen molar-refractivity contribution in [3.05, 3.63) is 78.3 Å². The van der Waals surface area contributed by atoms with Crippen molar-refractivity contribution in [2.75, 3.05) is 17.2 Å². The lowest BCUT2D eigenvalue weighted by molar-refractivity contribution is 0.0987. The number of thioether (sulfide) groups is 1. The van der Waals surface area contributed by atoms with Crippen LogP contribution in [0.2, 0.25) is 0 Å². The first-order valence-electron chi connectivity index (χ1n) is 8.37. The third kappa shape index (κ3) is 3.82. The molecule has 0 aliphatic carbocycles. The second kappa shape index (κ2) is 8.03. The summed E-state index contributed by atoms with van der Waals surface area (Å²) in [5.74, 6) is 1.86. The first kappa shape index (κ1) is 17.3. The number of anilines is 1. The van der Waals surface area contributed by atoms with Crippen LogP contribution in [0.4, 0.5) is 5.69 Å². The lowest BCUT2D eigenvalue weighted by atomic mass is 10.2. The van der Waals surface area contributed by atoms with E-state index < -0.39 is 0 Å². The Labute approximate surface area is 161 Å². The first-order chi connectivity index (χ1) is 12.8. The number of hydrogen-bond acceptors (Lipinski definition) is 5. The molecule has 1 aliphatic heterocycles. The summed E-state index contributed by atoms with van der Waals surface area (Å²) in [5.41, 5.74) is 1.71.